The molecule has 4 nitrogen and oxygen atoms in total. The van der Waals surface area contributed by atoms with E-state index in [4.69, 9.17) is 4.99 Å². The standard InChI is InChI=1S/C18H32N4.HI/c1-6-13-20-17(19-7-2)21-14-18(4,5)22-15(3)16-11-9-8-10-12-16;/h8-12,15,22H,6-7,13-14H2,1-5H3,(H2,19,20,21);1H. The van der Waals surface area contributed by atoms with Crippen LogP contribution in [-0.2, 0) is 0 Å². The van der Waals surface area contributed by atoms with Crippen molar-refractivity contribution in [2.75, 3.05) is 19.6 Å². The monoisotopic (exact) mass is 432 g/mol. The molecule has 1 unspecified atom stereocenters. The Morgan fingerprint density at radius 2 is 1.78 bits per heavy atom. The Balaban J connectivity index is 0.00000484. The number of nitrogens with zero attached hydrogens (tertiary/aromatic N) is 1. The molecule has 1 aromatic carbocycles. The Bertz CT molecular complexity index is 446. The number of nitrogens with one attached hydrogen (secondary N) is 3. The summed E-state index contributed by atoms with van der Waals surface area (Å²) in [6.45, 7) is 13.4. The minimum Gasteiger partial charge on any atom is -0.357 e. The molecule has 0 heterocycles. The lowest BCUT2D eigenvalue weighted by Crippen LogP contribution is -2.45. The minimum absolute atomic E-state index is 0. The van der Waals surface area contributed by atoms with Gasteiger partial charge in [-0.1, -0.05) is 37.3 Å². The zero-order valence-corrected chi connectivity index (χ0v) is 17.5. The summed E-state index contributed by atoms with van der Waals surface area (Å²) < 4.78 is 0. The van der Waals surface area contributed by atoms with Crippen molar-refractivity contribution in [2.45, 2.75) is 52.6 Å². The third-order valence-corrected chi connectivity index (χ3v) is 3.43. The number of rotatable bonds is 8. The molecule has 23 heavy (non-hydrogen) atoms. The van der Waals surface area contributed by atoms with Gasteiger partial charge in [0.2, 0.25) is 0 Å². The molecular weight excluding hydrogens is 399 g/mol. The van der Waals surface area contributed by atoms with Crippen molar-refractivity contribution in [1.82, 2.24) is 16.0 Å². The molecule has 0 aliphatic carbocycles. The van der Waals surface area contributed by atoms with Gasteiger partial charge < -0.3 is 16.0 Å². The summed E-state index contributed by atoms with van der Waals surface area (Å²) in [5.74, 6) is 0.895. The fraction of sp³-hybridized carbons (Fsp3) is 0.611. The van der Waals surface area contributed by atoms with Crippen LogP contribution in [0.15, 0.2) is 35.3 Å². The number of guanidine groups is 1. The lowest BCUT2D eigenvalue weighted by Gasteiger charge is -2.29. The van der Waals surface area contributed by atoms with Gasteiger partial charge in [-0.25, -0.2) is 0 Å². The van der Waals surface area contributed by atoms with E-state index in [1.807, 2.05) is 6.07 Å². The third kappa shape index (κ3) is 9.15. The Hall–Kier alpha value is -0.820. The van der Waals surface area contributed by atoms with Gasteiger partial charge in [0.05, 0.1) is 6.54 Å². The molecule has 0 fully saturated rings. The van der Waals surface area contributed by atoms with Gasteiger partial charge in [0.25, 0.3) is 0 Å². The van der Waals surface area contributed by atoms with Crippen molar-refractivity contribution < 1.29 is 0 Å². The van der Waals surface area contributed by atoms with Crippen LogP contribution in [0.4, 0.5) is 0 Å². The van der Waals surface area contributed by atoms with Crippen LogP contribution in [0.1, 0.15) is 52.6 Å². The molecule has 0 aromatic heterocycles. The summed E-state index contributed by atoms with van der Waals surface area (Å²) in [6, 6.07) is 10.8. The van der Waals surface area contributed by atoms with Gasteiger partial charge in [-0.05, 0) is 39.7 Å². The van der Waals surface area contributed by atoms with Crippen molar-refractivity contribution in [3.63, 3.8) is 0 Å². The second-order valence-electron chi connectivity index (χ2n) is 6.28. The number of hydrogen-bond donors (Lipinski definition) is 3. The summed E-state index contributed by atoms with van der Waals surface area (Å²) in [5.41, 5.74) is 1.24. The van der Waals surface area contributed by atoms with Crippen LogP contribution in [0.25, 0.3) is 0 Å². The molecule has 0 aliphatic heterocycles. The van der Waals surface area contributed by atoms with Crippen LogP contribution in [0.5, 0.6) is 0 Å². The van der Waals surface area contributed by atoms with Gasteiger partial charge in [0.1, 0.15) is 0 Å². The highest BCUT2D eigenvalue weighted by Gasteiger charge is 2.20. The van der Waals surface area contributed by atoms with Gasteiger partial charge in [-0.2, -0.15) is 0 Å². The molecule has 0 spiro atoms. The van der Waals surface area contributed by atoms with Crippen LogP contribution >= 0.6 is 24.0 Å². The van der Waals surface area contributed by atoms with Crippen LogP contribution < -0.4 is 16.0 Å². The van der Waals surface area contributed by atoms with Crippen LogP contribution in [0.2, 0.25) is 0 Å². The average molecular weight is 432 g/mol. The van der Waals surface area contributed by atoms with Crippen LogP contribution in [-0.4, -0.2) is 31.1 Å². The molecule has 1 aromatic rings. The maximum Gasteiger partial charge on any atom is 0.191 e. The molecular formula is C18H33IN4. The second-order valence-corrected chi connectivity index (χ2v) is 6.28. The molecule has 0 radical (unpaired) electrons. The summed E-state index contributed by atoms with van der Waals surface area (Å²) in [4.78, 5) is 4.70. The molecule has 132 valence electrons. The third-order valence-electron chi connectivity index (χ3n) is 3.43. The first-order chi connectivity index (χ1) is 10.5. The first-order valence-electron chi connectivity index (χ1n) is 8.33. The van der Waals surface area contributed by atoms with Crippen molar-refractivity contribution in [1.29, 1.82) is 0 Å². The minimum atomic E-state index is -0.0657. The quantitative estimate of drug-likeness (QED) is 0.334. The molecule has 0 bridgehead atoms. The van der Waals surface area contributed by atoms with Gasteiger partial charge in [-0.3, -0.25) is 4.99 Å². The van der Waals surface area contributed by atoms with Crippen LogP contribution in [0.3, 0.4) is 0 Å². The summed E-state index contributed by atoms with van der Waals surface area (Å²) in [5, 5.41) is 10.3. The maximum atomic E-state index is 4.70. The van der Waals surface area contributed by atoms with E-state index in [0.717, 1.165) is 32.0 Å². The van der Waals surface area contributed by atoms with E-state index in [-0.39, 0.29) is 29.5 Å². The predicted molar refractivity (Wildman–Crippen MR) is 112 cm³/mol. The SMILES string of the molecule is CCCNC(=NCC(C)(C)NC(C)c1ccccc1)NCC.I. The van der Waals surface area contributed by atoms with Crippen molar-refractivity contribution >= 4 is 29.9 Å². The number of benzene rings is 1. The zero-order valence-electron chi connectivity index (χ0n) is 15.1. The van der Waals surface area contributed by atoms with Crippen molar-refractivity contribution in [3.8, 4) is 0 Å². The number of aliphatic imine (C=N–C) groups is 1. The smallest absolute Gasteiger partial charge is 0.191 e. The number of hydrogen-bond acceptors (Lipinski definition) is 2. The first-order valence-corrected chi connectivity index (χ1v) is 8.33. The van der Waals surface area contributed by atoms with E-state index in [9.17, 15) is 0 Å². The molecule has 0 aliphatic rings. The molecule has 1 rings (SSSR count). The maximum absolute atomic E-state index is 4.70. The molecule has 1 atom stereocenters. The highest BCUT2D eigenvalue weighted by Crippen LogP contribution is 2.16. The van der Waals surface area contributed by atoms with E-state index >= 15 is 0 Å². The zero-order chi connectivity index (χ0) is 16.4. The molecule has 5 heteroatoms. The largest absolute Gasteiger partial charge is 0.357 e. The summed E-state index contributed by atoms with van der Waals surface area (Å²) >= 11 is 0. The Labute approximate surface area is 158 Å². The lowest BCUT2D eigenvalue weighted by molar-refractivity contribution is 0.356. The number of halogens is 1. The predicted octanol–water partition coefficient (Wildman–Crippen LogP) is 3.70. The topological polar surface area (TPSA) is 48.5 Å². The second kappa shape index (κ2) is 11.7. The fourth-order valence-corrected chi connectivity index (χ4v) is 2.32. The molecule has 3 N–H and O–H groups in total. The van der Waals surface area contributed by atoms with E-state index in [2.05, 4.69) is 74.8 Å². The lowest BCUT2D eigenvalue weighted by atomic mass is 10.0. The van der Waals surface area contributed by atoms with Crippen molar-refractivity contribution in [3.05, 3.63) is 35.9 Å². The van der Waals surface area contributed by atoms with Gasteiger partial charge in [0.15, 0.2) is 5.96 Å². The van der Waals surface area contributed by atoms with Crippen LogP contribution in [0, 0.1) is 0 Å². The Morgan fingerprint density at radius 1 is 1.13 bits per heavy atom. The Kier molecular flexibility index (Phi) is 11.3. The first kappa shape index (κ1) is 22.2. The molecule has 0 saturated heterocycles. The Morgan fingerprint density at radius 3 is 2.35 bits per heavy atom. The summed E-state index contributed by atoms with van der Waals surface area (Å²) in [7, 11) is 0. The molecule has 0 saturated carbocycles. The van der Waals surface area contributed by atoms with E-state index in [1.54, 1.807) is 0 Å². The van der Waals surface area contributed by atoms with Gasteiger partial charge in [-0.15, -0.1) is 24.0 Å². The average Bonchev–Trinajstić information content (AvgIpc) is 2.50. The van der Waals surface area contributed by atoms with E-state index < -0.39 is 0 Å². The van der Waals surface area contributed by atoms with Gasteiger partial charge in [0, 0.05) is 24.7 Å². The fourth-order valence-electron chi connectivity index (χ4n) is 2.32. The van der Waals surface area contributed by atoms with Gasteiger partial charge >= 0.3 is 0 Å². The van der Waals surface area contributed by atoms with E-state index in [0.29, 0.717) is 6.04 Å². The highest BCUT2D eigenvalue weighted by atomic mass is 127. The highest BCUT2D eigenvalue weighted by molar-refractivity contribution is 14.0. The normalized spacial score (nSPS) is 13.2. The van der Waals surface area contributed by atoms with Crippen molar-refractivity contribution in [2.24, 2.45) is 4.99 Å². The molecule has 0 amide bonds. The van der Waals surface area contributed by atoms with E-state index in [1.165, 1.54) is 5.56 Å². The summed E-state index contributed by atoms with van der Waals surface area (Å²) in [6.07, 6.45) is 1.09.